The van der Waals surface area contributed by atoms with Gasteiger partial charge in [-0.3, -0.25) is 4.79 Å². The average Bonchev–Trinajstić information content (AvgIpc) is 2.45. The lowest BCUT2D eigenvalue weighted by atomic mass is 10.2. The predicted octanol–water partition coefficient (Wildman–Crippen LogP) is -0.492. The van der Waals surface area contributed by atoms with Gasteiger partial charge in [0.05, 0.1) is 25.9 Å². The molecule has 0 atom stereocenters. The van der Waals surface area contributed by atoms with Crippen LogP contribution in [-0.4, -0.2) is 63.1 Å². The summed E-state index contributed by atoms with van der Waals surface area (Å²) in [6.45, 7) is 3.00. The van der Waals surface area contributed by atoms with Gasteiger partial charge in [0.1, 0.15) is 12.3 Å². The van der Waals surface area contributed by atoms with Crippen LogP contribution in [0.5, 0.6) is 0 Å². The van der Waals surface area contributed by atoms with Crippen molar-refractivity contribution in [1.82, 2.24) is 4.90 Å². The minimum Gasteiger partial charge on any atom is -0.466 e. The number of hydrogen-bond acceptors (Lipinski definition) is 7. The number of nitrogens with zero attached hydrogens (tertiary/aromatic N) is 1. The summed E-state index contributed by atoms with van der Waals surface area (Å²) in [5.41, 5.74) is 0.275. The van der Waals surface area contributed by atoms with Gasteiger partial charge in [0, 0.05) is 13.1 Å². The zero-order valence-corrected chi connectivity index (χ0v) is 11.0. The number of aldehydes is 1. The minimum absolute atomic E-state index is 0.122. The number of morpholine rings is 1. The smallest absolute Gasteiger partial charge is 0.355 e. The van der Waals surface area contributed by atoms with Crippen molar-refractivity contribution < 1.29 is 28.6 Å². The molecule has 0 saturated carbocycles. The molecular formula is C12H17NO6. The second-order valence-corrected chi connectivity index (χ2v) is 3.83. The van der Waals surface area contributed by atoms with Crippen molar-refractivity contribution in [3.63, 3.8) is 0 Å². The molecule has 0 aromatic heterocycles. The zero-order chi connectivity index (χ0) is 14.3. The molecule has 7 nitrogen and oxygen atoms in total. The first-order chi connectivity index (χ1) is 9.11. The highest BCUT2D eigenvalue weighted by Crippen LogP contribution is 2.15. The number of hydrogen-bond donors (Lipinski definition) is 0. The fourth-order valence-corrected chi connectivity index (χ4v) is 1.73. The van der Waals surface area contributed by atoms with Crippen LogP contribution in [0.4, 0.5) is 0 Å². The number of carbonyl (C=O) groups is 3. The van der Waals surface area contributed by atoms with Crippen LogP contribution in [0, 0.1) is 0 Å². The lowest BCUT2D eigenvalue weighted by Crippen LogP contribution is -2.40. The number of ether oxygens (including phenoxy) is 3. The van der Waals surface area contributed by atoms with Gasteiger partial charge in [0.2, 0.25) is 0 Å². The van der Waals surface area contributed by atoms with E-state index < -0.39 is 11.9 Å². The van der Waals surface area contributed by atoms with Crippen molar-refractivity contribution >= 4 is 18.2 Å². The van der Waals surface area contributed by atoms with E-state index in [9.17, 15) is 14.4 Å². The van der Waals surface area contributed by atoms with Gasteiger partial charge in [-0.1, -0.05) is 0 Å². The van der Waals surface area contributed by atoms with Crippen LogP contribution in [0.2, 0.25) is 0 Å². The molecule has 1 aliphatic heterocycles. The first-order valence-corrected chi connectivity index (χ1v) is 5.84. The van der Waals surface area contributed by atoms with Gasteiger partial charge in [0.15, 0.2) is 6.29 Å². The molecule has 0 amide bonds. The lowest BCUT2D eigenvalue weighted by molar-refractivity contribution is -0.145. The van der Waals surface area contributed by atoms with Gasteiger partial charge in [-0.2, -0.15) is 0 Å². The summed E-state index contributed by atoms with van der Waals surface area (Å²) in [7, 11) is 1.24. The summed E-state index contributed by atoms with van der Waals surface area (Å²) >= 11 is 0. The van der Waals surface area contributed by atoms with E-state index in [1.54, 1.807) is 4.90 Å². The van der Waals surface area contributed by atoms with E-state index in [-0.39, 0.29) is 17.9 Å². The normalized spacial score (nSPS) is 16.4. The van der Waals surface area contributed by atoms with Crippen molar-refractivity contribution in [2.24, 2.45) is 0 Å². The molecule has 0 bridgehead atoms. The molecule has 0 radical (unpaired) electrons. The van der Waals surface area contributed by atoms with Crippen molar-refractivity contribution in [2.45, 2.75) is 6.92 Å². The molecule has 1 heterocycles. The Hall–Kier alpha value is -1.89. The zero-order valence-electron chi connectivity index (χ0n) is 11.0. The fourth-order valence-electron chi connectivity index (χ4n) is 1.73. The average molecular weight is 271 g/mol. The van der Waals surface area contributed by atoms with Crippen LogP contribution in [-0.2, 0) is 28.6 Å². The van der Waals surface area contributed by atoms with E-state index in [1.807, 2.05) is 0 Å². The Kier molecular flexibility index (Phi) is 6.01. The third-order valence-electron chi connectivity index (χ3n) is 2.65. The topological polar surface area (TPSA) is 82.1 Å². The molecule has 0 aromatic carbocycles. The maximum Gasteiger partial charge on any atom is 0.355 e. The summed E-state index contributed by atoms with van der Waals surface area (Å²) in [6.07, 6.45) is 0.475. The van der Waals surface area contributed by atoms with Gasteiger partial charge in [-0.15, -0.1) is 0 Å². The Balaban J connectivity index is 2.98. The van der Waals surface area contributed by atoms with Crippen LogP contribution in [0.3, 0.4) is 0 Å². The Labute approximate surface area is 111 Å². The van der Waals surface area contributed by atoms with Crippen LogP contribution >= 0.6 is 0 Å². The third-order valence-corrected chi connectivity index (χ3v) is 2.65. The van der Waals surface area contributed by atoms with Gasteiger partial charge in [0.25, 0.3) is 0 Å². The Bertz CT molecular complexity index is 384. The molecule has 0 N–H and O–H groups in total. The maximum atomic E-state index is 11.9. The predicted molar refractivity (Wildman–Crippen MR) is 64.1 cm³/mol. The monoisotopic (exact) mass is 271 g/mol. The minimum atomic E-state index is -0.711. The molecule has 7 heteroatoms. The summed E-state index contributed by atoms with van der Waals surface area (Å²) in [5.74, 6) is -1.32. The first kappa shape index (κ1) is 15.2. The van der Waals surface area contributed by atoms with Crippen LogP contribution in [0.15, 0.2) is 11.3 Å². The second-order valence-electron chi connectivity index (χ2n) is 3.83. The fraction of sp³-hybridized carbons (Fsp3) is 0.583. The number of methoxy groups -OCH3 is 1. The van der Waals surface area contributed by atoms with E-state index in [2.05, 4.69) is 4.74 Å². The Morgan fingerprint density at radius 1 is 1.26 bits per heavy atom. The standard InChI is InChI=1S/C12H17NO6/c1-9(11(15)17-2)10(12(16)19-8-5-14)13-3-6-18-7-4-13/h5H,3-4,6-8H2,1-2H3/b10-9+. The number of carbonyl (C=O) groups excluding carboxylic acids is 3. The third kappa shape index (κ3) is 4.06. The first-order valence-electron chi connectivity index (χ1n) is 5.84. The van der Waals surface area contributed by atoms with Gasteiger partial charge >= 0.3 is 11.9 Å². The SMILES string of the molecule is COC(=O)/C(C)=C(\C(=O)OCC=O)N1CCOCC1. The molecule has 0 aliphatic carbocycles. The van der Waals surface area contributed by atoms with Crippen LogP contribution in [0.1, 0.15) is 6.92 Å². The highest BCUT2D eigenvalue weighted by molar-refractivity contribution is 5.99. The van der Waals surface area contributed by atoms with Crippen LogP contribution in [0.25, 0.3) is 0 Å². The maximum absolute atomic E-state index is 11.9. The van der Waals surface area contributed by atoms with Crippen molar-refractivity contribution in [3.05, 3.63) is 11.3 Å². The molecule has 0 unspecified atom stereocenters. The molecule has 0 spiro atoms. The van der Waals surface area contributed by atoms with Crippen molar-refractivity contribution in [2.75, 3.05) is 40.0 Å². The molecule has 0 aromatic rings. The largest absolute Gasteiger partial charge is 0.466 e. The highest BCUT2D eigenvalue weighted by Gasteiger charge is 2.26. The summed E-state index contributed by atoms with van der Waals surface area (Å²) < 4.78 is 14.6. The Morgan fingerprint density at radius 3 is 2.42 bits per heavy atom. The lowest BCUT2D eigenvalue weighted by Gasteiger charge is -2.30. The number of esters is 2. The van der Waals surface area contributed by atoms with E-state index in [0.717, 1.165) is 0 Å². The van der Waals surface area contributed by atoms with Crippen molar-refractivity contribution in [3.8, 4) is 0 Å². The van der Waals surface area contributed by atoms with E-state index in [4.69, 9.17) is 9.47 Å². The van der Waals surface area contributed by atoms with E-state index in [1.165, 1.54) is 14.0 Å². The molecule has 106 valence electrons. The van der Waals surface area contributed by atoms with E-state index in [0.29, 0.717) is 32.6 Å². The molecule has 1 saturated heterocycles. The molecule has 1 rings (SSSR count). The molecule has 1 fully saturated rings. The highest BCUT2D eigenvalue weighted by atomic mass is 16.5. The number of rotatable bonds is 5. The second kappa shape index (κ2) is 7.52. The molecule has 19 heavy (non-hydrogen) atoms. The molecular weight excluding hydrogens is 254 g/mol. The van der Waals surface area contributed by atoms with Gasteiger partial charge < -0.3 is 19.1 Å². The van der Waals surface area contributed by atoms with Gasteiger partial charge in [-0.25, -0.2) is 9.59 Å². The molecule has 1 aliphatic rings. The van der Waals surface area contributed by atoms with Crippen molar-refractivity contribution in [1.29, 1.82) is 0 Å². The summed E-state index contributed by atoms with van der Waals surface area (Å²) in [4.78, 5) is 35.4. The quantitative estimate of drug-likeness (QED) is 0.379. The van der Waals surface area contributed by atoms with Crippen LogP contribution < -0.4 is 0 Å². The summed E-state index contributed by atoms with van der Waals surface area (Å²) in [5, 5.41) is 0. The summed E-state index contributed by atoms with van der Waals surface area (Å²) in [6, 6.07) is 0. The van der Waals surface area contributed by atoms with Gasteiger partial charge in [-0.05, 0) is 6.92 Å². The Morgan fingerprint density at radius 2 is 1.89 bits per heavy atom. The van der Waals surface area contributed by atoms with E-state index >= 15 is 0 Å².